The second-order valence-corrected chi connectivity index (χ2v) is 5.63. The fourth-order valence-electron chi connectivity index (χ4n) is 1.94. The maximum atomic E-state index is 13.6. The molecule has 2 aromatic carbocycles. The molecule has 112 valence electrons. The Balaban J connectivity index is 2.19. The van der Waals surface area contributed by atoms with Gasteiger partial charge in [0, 0.05) is 27.7 Å². The van der Waals surface area contributed by atoms with Crippen LogP contribution in [0.3, 0.4) is 0 Å². The molecule has 0 spiro atoms. The Hall–Kier alpha value is -1.46. The average molecular weight is 356 g/mol. The molecular weight excluding hydrogens is 340 g/mol. The molecule has 1 unspecified atom stereocenters. The number of ether oxygens (including phenoxy) is 1. The van der Waals surface area contributed by atoms with Crippen LogP contribution in [-0.4, -0.2) is 7.05 Å². The second-order valence-electron chi connectivity index (χ2n) is 4.72. The molecule has 1 N–H and O–H groups in total. The molecule has 0 amide bonds. The summed E-state index contributed by atoms with van der Waals surface area (Å²) in [5.41, 5.74) is 1.29. The van der Waals surface area contributed by atoms with Gasteiger partial charge in [0.05, 0.1) is 0 Å². The van der Waals surface area contributed by atoms with Crippen molar-refractivity contribution in [1.29, 1.82) is 0 Å². The summed E-state index contributed by atoms with van der Waals surface area (Å²) >= 11 is 3.42. The molecule has 0 bridgehead atoms. The van der Waals surface area contributed by atoms with Crippen LogP contribution in [-0.2, 0) is 6.61 Å². The first-order valence-corrected chi connectivity index (χ1v) is 7.34. The molecule has 0 heterocycles. The van der Waals surface area contributed by atoms with Gasteiger partial charge in [0.2, 0.25) is 0 Å². The van der Waals surface area contributed by atoms with Gasteiger partial charge >= 0.3 is 0 Å². The van der Waals surface area contributed by atoms with Crippen molar-refractivity contribution >= 4 is 15.9 Å². The van der Waals surface area contributed by atoms with E-state index in [4.69, 9.17) is 4.74 Å². The topological polar surface area (TPSA) is 21.3 Å². The molecule has 0 saturated carbocycles. The number of hydrogen-bond acceptors (Lipinski definition) is 2. The number of halogens is 3. The lowest BCUT2D eigenvalue weighted by Crippen LogP contribution is -2.14. The van der Waals surface area contributed by atoms with Gasteiger partial charge in [-0.1, -0.05) is 15.9 Å². The van der Waals surface area contributed by atoms with Crippen molar-refractivity contribution in [3.8, 4) is 5.75 Å². The van der Waals surface area contributed by atoms with Crippen molar-refractivity contribution < 1.29 is 13.5 Å². The van der Waals surface area contributed by atoms with Crippen LogP contribution in [0.4, 0.5) is 8.78 Å². The molecule has 0 aliphatic heterocycles. The van der Waals surface area contributed by atoms with E-state index in [0.29, 0.717) is 11.3 Å². The Morgan fingerprint density at radius 2 is 1.95 bits per heavy atom. The van der Waals surface area contributed by atoms with Crippen LogP contribution in [0, 0.1) is 11.6 Å². The molecule has 0 radical (unpaired) electrons. The molecule has 2 nitrogen and oxygen atoms in total. The van der Waals surface area contributed by atoms with Crippen molar-refractivity contribution in [2.45, 2.75) is 19.6 Å². The predicted molar refractivity (Wildman–Crippen MR) is 82.3 cm³/mol. The van der Waals surface area contributed by atoms with Gasteiger partial charge in [-0.25, -0.2) is 8.78 Å². The molecule has 0 aromatic heterocycles. The molecule has 5 heteroatoms. The maximum Gasteiger partial charge on any atom is 0.132 e. The Labute approximate surface area is 131 Å². The lowest BCUT2D eigenvalue weighted by atomic mass is 10.1. The smallest absolute Gasteiger partial charge is 0.132 e. The first kappa shape index (κ1) is 15.9. The van der Waals surface area contributed by atoms with E-state index in [-0.39, 0.29) is 12.6 Å². The standard InChI is InChI=1S/C16H16BrF2NO/c1-10(20-2)14-7-12(17)4-6-16(14)21-9-11-3-5-13(18)8-15(11)19/h3-8,10,20H,9H2,1-2H3. The SMILES string of the molecule is CNC(C)c1cc(Br)ccc1OCc1ccc(F)cc1F. The zero-order valence-corrected chi connectivity index (χ0v) is 13.4. The van der Waals surface area contributed by atoms with Crippen LogP contribution >= 0.6 is 15.9 Å². The average Bonchev–Trinajstić information content (AvgIpc) is 2.46. The molecule has 0 aliphatic rings. The number of benzene rings is 2. The van der Waals surface area contributed by atoms with Gasteiger partial charge in [-0.05, 0) is 44.3 Å². The van der Waals surface area contributed by atoms with Crippen molar-refractivity contribution in [1.82, 2.24) is 5.32 Å². The fraction of sp³-hybridized carbons (Fsp3) is 0.250. The molecule has 0 aliphatic carbocycles. The largest absolute Gasteiger partial charge is 0.488 e. The zero-order valence-electron chi connectivity index (χ0n) is 11.8. The van der Waals surface area contributed by atoms with Crippen molar-refractivity contribution in [2.24, 2.45) is 0 Å². The van der Waals surface area contributed by atoms with Gasteiger partial charge in [-0.3, -0.25) is 0 Å². The minimum Gasteiger partial charge on any atom is -0.488 e. The van der Waals surface area contributed by atoms with E-state index in [2.05, 4.69) is 21.2 Å². The minimum atomic E-state index is -0.602. The van der Waals surface area contributed by atoms with Gasteiger partial charge in [0.1, 0.15) is 24.0 Å². The van der Waals surface area contributed by atoms with Crippen LogP contribution < -0.4 is 10.1 Å². The third-order valence-corrected chi connectivity index (χ3v) is 3.76. The first-order chi connectivity index (χ1) is 10.0. The third-order valence-electron chi connectivity index (χ3n) is 3.27. The van der Waals surface area contributed by atoms with Crippen molar-refractivity contribution in [2.75, 3.05) is 7.05 Å². The normalized spacial score (nSPS) is 12.2. The van der Waals surface area contributed by atoms with Crippen molar-refractivity contribution in [3.63, 3.8) is 0 Å². The van der Waals surface area contributed by atoms with E-state index < -0.39 is 11.6 Å². The number of hydrogen-bond donors (Lipinski definition) is 1. The summed E-state index contributed by atoms with van der Waals surface area (Å²) in [4.78, 5) is 0. The molecule has 21 heavy (non-hydrogen) atoms. The van der Waals surface area contributed by atoms with Crippen LogP contribution in [0.5, 0.6) is 5.75 Å². The van der Waals surface area contributed by atoms with Gasteiger partial charge in [-0.15, -0.1) is 0 Å². The number of rotatable bonds is 5. The van der Waals surface area contributed by atoms with E-state index in [0.717, 1.165) is 16.1 Å². The molecule has 0 saturated heterocycles. The monoisotopic (exact) mass is 355 g/mol. The molecule has 2 rings (SSSR count). The molecular formula is C16H16BrF2NO. The number of nitrogens with one attached hydrogen (secondary N) is 1. The van der Waals surface area contributed by atoms with Gasteiger partial charge in [0.25, 0.3) is 0 Å². The Kier molecular flexibility index (Phi) is 5.31. The van der Waals surface area contributed by atoms with Crippen LogP contribution in [0.25, 0.3) is 0 Å². The summed E-state index contributed by atoms with van der Waals surface area (Å²) in [6, 6.07) is 9.22. The lowest BCUT2D eigenvalue weighted by molar-refractivity contribution is 0.294. The van der Waals surface area contributed by atoms with Gasteiger partial charge < -0.3 is 10.1 Å². The predicted octanol–water partition coefficient (Wildman–Crippen LogP) is 4.59. The van der Waals surface area contributed by atoms with E-state index in [1.807, 2.05) is 32.2 Å². The summed E-state index contributed by atoms with van der Waals surface area (Å²) in [5.74, 6) is -0.525. The Bertz CT molecular complexity index is 634. The molecule has 0 fully saturated rings. The minimum absolute atomic E-state index is 0.0528. The summed E-state index contributed by atoms with van der Waals surface area (Å²) in [7, 11) is 1.86. The second kappa shape index (κ2) is 7.00. The first-order valence-electron chi connectivity index (χ1n) is 6.54. The quantitative estimate of drug-likeness (QED) is 0.846. The van der Waals surface area contributed by atoms with E-state index in [1.165, 1.54) is 12.1 Å². The van der Waals surface area contributed by atoms with E-state index in [9.17, 15) is 8.78 Å². The highest BCUT2D eigenvalue weighted by Crippen LogP contribution is 2.29. The van der Waals surface area contributed by atoms with Gasteiger partial charge in [0.15, 0.2) is 0 Å². The molecule has 2 aromatic rings. The molecule has 1 atom stereocenters. The highest BCUT2D eigenvalue weighted by molar-refractivity contribution is 9.10. The van der Waals surface area contributed by atoms with E-state index in [1.54, 1.807) is 0 Å². The fourth-order valence-corrected chi connectivity index (χ4v) is 2.32. The van der Waals surface area contributed by atoms with Crippen LogP contribution in [0.15, 0.2) is 40.9 Å². The summed E-state index contributed by atoms with van der Waals surface area (Å²) in [6.07, 6.45) is 0. The van der Waals surface area contributed by atoms with Crippen molar-refractivity contribution in [3.05, 3.63) is 63.6 Å². The van der Waals surface area contributed by atoms with E-state index >= 15 is 0 Å². The third kappa shape index (κ3) is 4.02. The Morgan fingerprint density at radius 3 is 2.62 bits per heavy atom. The van der Waals surface area contributed by atoms with Crippen LogP contribution in [0.2, 0.25) is 0 Å². The zero-order chi connectivity index (χ0) is 15.4. The summed E-state index contributed by atoms with van der Waals surface area (Å²) in [6.45, 7) is 2.06. The van der Waals surface area contributed by atoms with Gasteiger partial charge in [-0.2, -0.15) is 0 Å². The highest BCUT2D eigenvalue weighted by Gasteiger charge is 2.12. The maximum absolute atomic E-state index is 13.6. The summed E-state index contributed by atoms with van der Waals surface area (Å²) in [5, 5.41) is 3.14. The Morgan fingerprint density at radius 1 is 1.19 bits per heavy atom. The highest BCUT2D eigenvalue weighted by atomic mass is 79.9. The van der Waals surface area contributed by atoms with Crippen LogP contribution in [0.1, 0.15) is 24.1 Å². The lowest BCUT2D eigenvalue weighted by Gasteiger charge is -2.17. The summed E-state index contributed by atoms with van der Waals surface area (Å²) < 4.78 is 33.1.